The van der Waals surface area contributed by atoms with Crippen molar-refractivity contribution in [3.63, 3.8) is 0 Å². The molecule has 0 unspecified atom stereocenters. The van der Waals surface area contributed by atoms with Gasteiger partial charge in [0.05, 0.1) is 12.3 Å². The molecule has 0 aliphatic carbocycles. The fraction of sp³-hybridized carbons (Fsp3) is 0.200. The van der Waals surface area contributed by atoms with E-state index in [0.29, 0.717) is 35.8 Å². The van der Waals surface area contributed by atoms with Gasteiger partial charge in [-0.05, 0) is 48.2 Å². The van der Waals surface area contributed by atoms with E-state index in [1.165, 1.54) is 0 Å². The van der Waals surface area contributed by atoms with E-state index in [1.54, 1.807) is 18.2 Å². The van der Waals surface area contributed by atoms with E-state index in [2.05, 4.69) is 5.32 Å². The number of aliphatic hydroxyl groups excluding tert-OH is 1. The van der Waals surface area contributed by atoms with Crippen LogP contribution in [-0.4, -0.2) is 35.3 Å². The molecule has 3 aromatic carbocycles. The molecule has 0 radical (unpaired) electrons. The van der Waals surface area contributed by atoms with E-state index in [0.717, 1.165) is 11.1 Å². The molecule has 3 aromatic rings. The number of carboxylic acids is 1. The zero-order valence-electron chi connectivity index (χ0n) is 17.5. The van der Waals surface area contributed by atoms with Gasteiger partial charge in [0.1, 0.15) is 23.9 Å². The zero-order chi connectivity index (χ0) is 22.8. The average Bonchev–Trinajstić information content (AvgIpc) is 2.81. The van der Waals surface area contributed by atoms with Gasteiger partial charge in [-0.25, -0.2) is 0 Å². The Kier molecular flexibility index (Phi) is 8.22. The molecule has 7 nitrogen and oxygen atoms in total. The highest BCUT2D eigenvalue weighted by atomic mass is 16.5. The second-order valence-corrected chi connectivity index (χ2v) is 7.06. The third kappa shape index (κ3) is 6.85. The second-order valence-electron chi connectivity index (χ2n) is 7.06. The Labute approximate surface area is 186 Å². The Morgan fingerprint density at radius 2 is 1.59 bits per heavy atom. The lowest BCUT2D eigenvalue weighted by molar-refractivity contribution is -0.137. The lowest BCUT2D eigenvalue weighted by Gasteiger charge is -2.14. The largest absolute Gasteiger partial charge is 0.491 e. The molecule has 3 rings (SSSR count). The normalized spacial score (nSPS) is 10.4. The van der Waals surface area contributed by atoms with Gasteiger partial charge in [-0.1, -0.05) is 42.5 Å². The minimum absolute atomic E-state index is 0.0678. The number of hydrogen-bond donors (Lipinski definition) is 3. The number of carbonyl (C=O) groups excluding carboxylic acids is 1. The summed E-state index contributed by atoms with van der Waals surface area (Å²) < 4.78 is 11.8. The van der Waals surface area contributed by atoms with Crippen LogP contribution in [0, 0.1) is 0 Å². The van der Waals surface area contributed by atoms with E-state index < -0.39 is 18.5 Å². The number of ether oxygens (including phenoxy) is 2. The van der Waals surface area contributed by atoms with Crippen LogP contribution in [0.1, 0.15) is 19.3 Å². The number of carboxylic acid groups (broad SMARTS) is 1. The van der Waals surface area contributed by atoms with Gasteiger partial charge in [0.2, 0.25) is 5.91 Å². The van der Waals surface area contributed by atoms with Crippen LogP contribution in [-0.2, 0) is 9.59 Å². The predicted molar refractivity (Wildman–Crippen MR) is 121 cm³/mol. The van der Waals surface area contributed by atoms with Gasteiger partial charge in [-0.3, -0.25) is 9.59 Å². The molecular formula is C25H25NO6. The summed E-state index contributed by atoms with van der Waals surface area (Å²) in [6.45, 7) is -0.370. The number of aliphatic carboxylic acids is 1. The Bertz CT molecular complexity index is 1050. The second kappa shape index (κ2) is 11.5. The first-order valence-electron chi connectivity index (χ1n) is 10.3. The molecule has 0 aromatic heterocycles. The van der Waals surface area contributed by atoms with Gasteiger partial charge >= 0.3 is 5.97 Å². The Morgan fingerprint density at radius 3 is 2.34 bits per heavy atom. The number of amides is 1. The number of rotatable bonds is 11. The first-order valence-corrected chi connectivity index (χ1v) is 10.3. The van der Waals surface area contributed by atoms with E-state index in [1.807, 2.05) is 54.6 Å². The maximum absolute atomic E-state index is 11.6. The quantitative estimate of drug-likeness (QED) is 0.377. The van der Waals surface area contributed by atoms with Crippen LogP contribution in [0.15, 0.2) is 72.8 Å². The summed E-state index contributed by atoms with van der Waals surface area (Å²) in [5.74, 6) is 0.112. The third-order valence-electron chi connectivity index (χ3n) is 4.59. The van der Waals surface area contributed by atoms with E-state index >= 15 is 0 Å². The van der Waals surface area contributed by atoms with Crippen molar-refractivity contribution < 1.29 is 29.3 Å². The van der Waals surface area contributed by atoms with Crippen LogP contribution in [0.3, 0.4) is 0 Å². The van der Waals surface area contributed by atoms with Crippen LogP contribution in [0.25, 0.3) is 11.1 Å². The molecule has 166 valence electrons. The number of benzene rings is 3. The minimum Gasteiger partial charge on any atom is -0.491 e. The summed E-state index contributed by atoms with van der Waals surface area (Å²) in [6.07, 6.45) is 1.10. The number of unbranched alkanes of at least 4 members (excludes halogenated alkanes) is 1. The van der Waals surface area contributed by atoms with E-state index in [4.69, 9.17) is 19.7 Å². The number of aliphatic hydroxyl groups is 1. The summed E-state index contributed by atoms with van der Waals surface area (Å²) in [6, 6.07) is 22.6. The summed E-state index contributed by atoms with van der Waals surface area (Å²) in [5, 5.41) is 20.3. The molecule has 32 heavy (non-hydrogen) atoms. The molecule has 0 bridgehead atoms. The van der Waals surface area contributed by atoms with Crippen molar-refractivity contribution in [1.29, 1.82) is 0 Å². The Balaban J connectivity index is 1.75. The highest BCUT2D eigenvalue weighted by Crippen LogP contribution is 2.33. The first kappa shape index (κ1) is 22.8. The van der Waals surface area contributed by atoms with Crippen molar-refractivity contribution in [1.82, 2.24) is 0 Å². The van der Waals surface area contributed by atoms with Crippen LogP contribution in [0.2, 0.25) is 0 Å². The maximum Gasteiger partial charge on any atom is 0.303 e. The van der Waals surface area contributed by atoms with Gasteiger partial charge in [-0.2, -0.15) is 0 Å². The van der Waals surface area contributed by atoms with Gasteiger partial charge in [0, 0.05) is 12.5 Å². The molecule has 0 heterocycles. The number of nitrogens with one attached hydrogen (secondary N) is 1. The molecule has 0 saturated carbocycles. The smallest absolute Gasteiger partial charge is 0.303 e. The Morgan fingerprint density at radius 1 is 0.844 bits per heavy atom. The summed E-state index contributed by atoms with van der Waals surface area (Å²) in [5.41, 5.74) is 2.49. The minimum atomic E-state index is -0.853. The number of hydrogen-bond acceptors (Lipinski definition) is 5. The molecular weight excluding hydrogens is 410 g/mol. The lowest BCUT2D eigenvalue weighted by Crippen LogP contribution is -2.16. The first-order chi connectivity index (χ1) is 15.5. The molecule has 3 N–H and O–H groups in total. The van der Waals surface area contributed by atoms with Crippen molar-refractivity contribution in [3.05, 3.63) is 72.8 Å². The number of anilines is 1. The monoisotopic (exact) mass is 435 g/mol. The van der Waals surface area contributed by atoms with Crippen LogP contribution >= 0.6 is 0 Å². The van der Waals surface area contributed by atoms with Crippen LogP contribution in [0.4, 0.5) is 5.69 Å². The van der Waals surface area contributed by atoms with Crippen molar-refractivity contribution in [2.45, 2.75) is 19.3 Å². The molecule has 0 fully saturated rings. The summed E-state index contributed by atoms with van der Waals surface area (Å²) >= 11 is 0. The van der Waals surface area contributed by atoms with Crippen molar-refractivity contribution in [2.75, 3.05) is 18.5 Å². The zero-order valence-corrected chi connectivity index (χ0v) is 17.5. The molecule has 0 spiro atoms. The van der Waals surface area contributed by atoms with Crippen LogP contribution < -0.4 is 14.8 Å². The van der Waals surface area contributed by atoms with Crippen molar-refractivity contribution in [2.24, 2.45) is 0 Å². The lowest BCUT2D eigenvalue weighted by atomic mass is 10.1. The van der Waals surface area contributed by atoms with Gasteiger partial charge in [-0.15, -0.1) is 0 Å². The molecule has 0 saturated heterocycles. The predicted octanol–water partition coefficient (Wildman–Crippen LogP) is 4.71. The molecule has 7 heteroatoms. The SMILES string of the molecule is O=C(O)CCCCOc1cc(Oc2cccc(-c3ccccc3)c2)ccc1NC(=O)CO. The fourth-order valence-corrected chi connectivity index (χ4v) is 3.04. The fourth-order valence-electron chi connectivity index (χ4n) is 3.04. The number of carbonyl (C=O) groups is 2. The van der Waals surface area contributed by atoms with Crippen molar-refractivity contribution in [3.8, 4) is 28.4 Å². The van der Waals surface area contributed by atoms with Crippen LogP contribution in [0.5, 0.6) is 17.2 Å². The maximum atomic E-state index is 11.6. The standard InChI is InChI=1S/C25H25NO6/c27-17-24(28)26-22-13-12-21(16-23(22)31-14-5-4-11-25(29)30)32-20-10-6-9-19(15-20)18-7-2-1-3-8-18/h1-3,6-10,12-13,15-16,27H,4-5,11,14,17H2,(H,26,28)(H,29,30). The highest BCUT2D eigenvalue weighted by molar-refractivity contribution is 5.93. The molecule has 0 aliphatic rings. The average molecular weight is 435 g/mol. The topological polar surface area (TPSA) is 105 Å². The van der Waals surface area contributed by atoms with Gasteiger partial charge < -0.3 is 25.0 Å². The highest BCUT2D eigenvalue weighted by Gasteiger charge is 2.11. The Hall–Kier alpha value is -3.84. The van der Waals surface area contributed by atoms with Gasteiger partial charge in [0.25, 0.3) is 0 Å². The third-order valence-corrected chi connectivity index (χ3v) is 4.59. The molecule has 0 aliphatic heterocycles. The van der Waals surface area contributed by atoms with Crippen molar-refractivity contribution >= 4 is 17.6 Å². The van der Waals surface area contributed by atoms with E-state index in [-0.39, 0.29) is 13.0 Å². The summed E-state index contributed by atoms with van der Waals surface area (Å²) in [4.78, 5) is 22.3. The molecule has 0 atom stereocenters. The molecule has 1 amide bonds. The summed E-state index contributed by atoms with van der Waals surface area (Å²) in [7, 11) is 0. The van der Waals surface area contributed by atoms with Gasteiger partial charge in [0.15, 0.2) is 0 Å². The van der Waals surface area contributed by atoms with E-state index in [9.17, 15) is 9.59 Å².